The molecule has 0 aromatic rings. The van der Waals surface area contributed by atoms with Crippen LogP contribution in [0.25, 0.3) is 0 Å². The lowest BCUT2D eigenvalue weighted by Crippen LogP contribution is -2.32. The van der Waals surface area contributed by atoms with Gasteiger partial charge in [-0.1, -0.05) is 19.1 Å². The molecule has 0 aliphatic heterocycles. The average molecular weight is 137 g/mol. The van der Waals surface area contributed by atoms with Gasteiger partial charge in [0, 0.05) is 5.41 Å². The van der Waals surface area contributed by atoms with Crippen molar-refractivity contribution in [3.8, 4) is 0 Å². The standard InChI is InChI=1S/C8H11NO/c1-7(2-3-7)8(4-5-8)6(9)10/h2-3H,4-5H2,1H3,(H2,9,10). The molecule has 0 aromatic carbocycles. The van der Waals surface area contributed by atoms with Crippen molar-refractivity contribution in [2.45, 2.75) is 19.8 Å². The fourth-order valence-corrected chi connectivity index (χ4v) is 1.62. The maximum atomic E-state index is 11.0. The molecule has 10 heavy (non-hydrogen) atoms. The third-order valence-electron chi connectivity index (χ3n) is 2.92. The van der Waals surface area contributed by atoms with E-state index in [9.17, 15) is 4.79 Å². The van der Waals surface area contributed by atoms with Crippen molar-refractivity contribution >= 4 is 5.91 Å². The second-order valence-electron chi connectivity index (χ2n) is 3.56. The Morgan fingerprint density at radius 1 is 1.50 bits per heavy atom. The summed E-state index contributed by atoms with van der Waals surface area (Å²) in [6, 6.07) is 0. The van der Waals surface area contributed by atoms with E-state index in [4.69, 9.17) is 5.73 Å². The minimum absolute atomic E-state index is 0.0544. The van der Waals surface area contributed by atoms with Crippen molar-refractivity contribution in [2.75, 3.05) is 0 Å². The van der Waals surface area contributed by atoms with Crippen molar-refractivity contribution < 1.29 is 4.79 Å². The molecular formula is C8H11NO. The molecule has 1 amide bonds. The molecule has 0 saturated heterocycles. The smallest absolute Gasteiger partial charge is 0.224 e. The number of hydrogen-bond donors (Lipinski definition) is 1. The van der Waals surface area contributed by atoms with Crippen LogP contribution in [0.3, 0.4) is 0 Å². The molecule has 1 fully saturated rings. The molecule has 2 aliphatic rings. The van der Waals surface area contributed by atoms with Crippen LogP contribution in [0.15, 0.2) is 12.2 Å². The molecule has 0 aromatic heterocycles. The second-order valence-corrected chi connectivity index (χ2v) is 3.56. The summed E-state index contributed by atoms with van der Waals surface area (Å²) in [4.78, 5) is 11.0. The third kappa shape index (κ3) is 0.474. The van der Waals surface area contributed by atoms with E-state index < -0.39 is 0 Å². The molecule has 0 bridgehead atoms. The van der Waals surface area contributed by atoms with Crippen LogP contribution in [0.1, 0.15) is 19.8 Å². The van der Waals surface area contributed by atoms with Crippen LogP contribution in [-0.2, 0) is 4.79 Å². The van der Waals surface area contributed by atoms with Gasteiger partial charge in [0.05, 0.1) is 5.41 Å². The molecule has 2 N–H and O–H groups in total. The first-order valence-corrected chi connectivity index (χ1v) is 3.61. The van der Waals surface area contributed by atoms with E-state index >= 15 is 0 Å². The van der Waals surface area contributed by atoms with Gasteiger partial charge in [0.2, 0.25) is 5.91 Å². The molecule has 2 rings (SSSR count). The Labute approximate surface area is 60.1 Å². The maximum absolute atomic E-state index is 11.0. The van der Waals surface area contributed by atoms with E-state index in [-0.39, 0.29) is 16.7 Å². The summed E-state index contributed by atoms with van der Waals surface area (Å²) < 4.78 is 0. The summed E-state index contributed by atoms with van der Waals surface area (Å²) in [6.45, 7) is 2.07. The number of carbonyl (C=O) groups is 1. The largest absolute Gasteiger partial charge is 0.369 e. The first-order valence-electron chi connectivity index (χ1n) is 3.61. The summed E-state index contributed by atoms with van der Waals surface area (Å²) in [6.07, 6.45) is 6.10. The van der Waals surface area contributed by atoms with E-state index in [1.54, 1.807) is 0 Å². The van der Waals surface area contributed by atoms with Gasteiger partial charge < -0.3 is 5.73 Å². The number of amides is 1. The number of nitrogens with two attached hydrogens (primary N) is 1. The van der Waals surface area contributed by atoms with Crippen molar-refractivity contribution in [3.05, 3.63) is 12.2 Å². The zero-order valence-corrected chi connectivity index (χ0v) is 6.05. The summed E-state index contributed by atoms with van der Waals surface area (Å²) in [5.41, 5.74) is 5.16. The Hall–Kier alpha value is -0.790. The Morgan fingerprint density at radius 2 is 2.00 bits per heavy atom. The van der Waals surface area contributed by atoms with Gasteiger partial charge in [0.15, 0.2) is 0 Å². The number of hydrogen-bond acceptors (Lipinski definition) is 1. The maximum Gasteiger partial charge on any atom is 0.224 e. The van der Waals surface area contributed by atoms with Gasteiger partial charge in [-0.25, -0.2) is 0 Å². The van der Waals surface area contributed by atoms with Gasteiger partial charge in [-0.15, -0.1) is 0 Å². The van der Waals surface area contributed by atoms with Gasteiger partial charge in [0.25, 0.3) is 0 Å². The molecule has 1 saturated carbocycles. The monoisotopic (exact) mass is 137 g/mol. The number of rotatable bonds is 2. The van der Waals surface area contributed by atoms with Crippen molar-refractivity contribution in [3.63, 3.8) is 0 Å². The molecule has 0 radical (unpaired) electrons. The second kappa shape index (κ2) is 1.29. The van der Waals surface area contributed by atoms with Crippen molar-refractivity contribution in [1.29, 1.82) is 0 Å². The SMILES string of the molecule is CC1(C2(C(N)=O)CC2)C=C1. The van der Waals surface area contributed by atoms with Crippen LogP contribution in [-0.4, -0.2) is 5.91 Å². The number of allylic oxidation sites excluding steroid dienone is 2. The summed E-state index contributed by atoms with van der Waals surface area (Å²) in [5.74, 6) is -0.125. The molecule has 2 nitrogen and oxygen atoms in total. The fraction of sp³-hybridized carbons (Fsp3) is 0.625. The molecule has 0 unspecified atom stereocenters. The summed E-state index contributed by atoms with van der Waals surface area (Å²) in [5, 5.41) is 0. The first kappa shape index (κ1) is 5.96. The van der Waals surface area contributed by atoms with Crippen LogP contribution in [0.5, 0.6) is 0 Å². The quantitative estimate of drug-likeness (QED) is 0.563. The number of carbonyl (C=O) groups excluding carboxylic acids is 1. The van der Waals surface area contributed by atoms with E-state index in [0.29, 0.717) is 0 Å². The lowest BCUT2D eigenvalue weighted by atomic mass is 9.85. The minimum atomic E-state index is -0.174. The molecule has 2 heteroatoms. The van der Waals surface area contributed by atoms with Gasteiger partial charge in [0.1, 0.15) is 0 Å². The van der Waals surface area contributed by atoms with E-state index in [1.807, 2.05) is 0 Å². The Kier molecular flexibility index (Phi) is 0.766. The van der Waals surface area contributed by atoms with Gasteiger partial charge in [-0.05, 0) is 12.8 Å². The third-order valence-corrected chi connectivity index (χ3v) is 2.92. The van der Waals surface area contributed by atoms with Crippen LogP contribution < -0.4 is 5.73 Å². The Balaban J connectivity index is 2.23. The highest BCUT2D eigenvalue weighted by atomic mass is 16.1. The highest BCUT2D eigenvalue weighted by molar-refractivity contribution is 5.86. The van der Waals surface area contributed by atoms with Crippen LogP contribution in [0.2, 0.25) is 0 Å². The molecule has 0 atom stereocenters. The average Bonchev–Trinajstić information content (AvgIpc) is 2.55. The molecule has 2 aliphatic carbocycles. The Morgan fingerprint density at radius 3 is 2.10 bits per heavy atom. The highest BCUT2D eigenvalue weighted by Gasteiger charge is 2.62. The zero-order chi connectivity index (χ0) is 7.41. The minimum Gasteiger partial charge on any atom is -0.369 e. The molecule has 0 heterocycles. The summed E-state index contributed by atoms with van der Waals surface area (Å²) >= 11 is 0. The zero-order valence-electron chi connectivity index (χ0n) is 6.05. The van der Waals surface area contributed by atoms with Crippen molar-refractivity contribution in [2.24, 2.45) is 16.6 Å². The normalized spacial score (nSPS) is 29.7. The van der Waals surface area contributed by atoms with E-state index in [1.165, 1.54) is 0 Å². The lowest BCUT2D eigenvalue weighted by molar-refractivity contribution is -0.124. The van der Waals surface area contributed by atoms with Gasteiger partial charge >= 0.3 is 0 Å². The lowest BCUT2D eigenvalue weighted by Gasteiger charge is -2.18. The first-order chi connectivity index (χ1) is 4.61. The number of primary amides is 1. The highest BCUT2D eigenvalue weighted by Crippen LogP contribution is 2.64. The topological polar surface area (TPSA) is 43.1 Å². The Bertz CT molecular complexity index is 219. The van der Waals surface area contributed by atoms with Crippen LogP contribution in [0, 0.1) is 10.8 Å². The van der Waals surface area contributed by atoms with Gasteiger partial charge in [-0.2, -0.15) is 0 Å². The van der Waals surface area contributed by atoms with Crippen molar-refractivity contribution in [1.82, 2.24) is 0 Å². The van der Waals surface area contributed by atoms with Crippen LogP contribution in [0.4, 0.5) is 0 Å². The van der Waals surface area contributed by atoms with Gasteiger partial charge in [-0.3, -0.25) is 4.79 Å². The molecule has 54 valence electrons. The molecule has 0 spiro atoms. The van der Waals surface area contributed by atoms with E-state index in [2.05, 4.69) is 19.1 Å². The van der Waals surface area contributed by atoms with E-state index in [0.717, 1.165) is 12.8 Å². The van der Waals surface area contributed by atoms with Crippen LogP contribution >= 0.6 is 0 Å². The summed E-state index contributed by atoms with van der Waals surface area (Å²) in [7, 11) is 0. The predicted octanol–water partition coefficient (Wildman–Crippen LogP) is 0.828. The fourth-order valence-electron chi connectivity index (χ4n) is 1.62. The predicted molar refractivity (Wildman–Crippen MR) is 38.1 cm³/mol. The molecular weight excluding hydrogens is 126 g/mol.